The van der Waals surface area contributed by atoms with Crippen molar-refractivity contribution in [3.63, 3.8) is 0 Å². The van der Waals surface area contributed by atoms with E-state index in [0.29, 0.717) is 6.54 Å². The molecule has 1 aromatic heterocycles. The van der Waals surface area contributed by atoms with Crippen molar-refractivity contribution < 1.29 is 0 Å². The van der Waals surface area contributed by atoms with Crippen molar-refractivity contribution in [2.45, 2.75) is 26.7 Å². The van der Waals surface area contributed by atoms with Crippen LogP contribution in [0.15, 0.2) is 18.2 Å². The van der Waals surface area contributed by atoms with Crippen LogP contribution < -0.4 is 5.73 Å². The molecule has 0 amide bonds. The fraction of sp³-hybridized carbons (Fsp3) is 0.385. The van der Waals surface area contributed by atoms with Crippen molar-refractivity contribution in [3.8, 4) is 0 Å². The van der Waals surface area contributed by atoms with E-state index in [9.17, 15) is 0 Å². The van der Waals surface area contributed by atoms with E-state index in [1.807, 2.05) is 0 Å². The van der Waals surface area contributed by atoms with E-state index in [4.69, 9.17) is 5.73 Å². The normalized spacial score (nSPS) is 11.1. The van der Waals surface area contributed by atoms with Gasteiger partial charge in [-0.3, -0.25) is 0 Å². The molecular formula is C13H18N2. The summed E-state index contributed by atoms with van der Waals surface area (Å²) < 4.78 is 0. The zero-order valence-corrected chi connectivity index (χ0v) is 9.43. The number of rotatable bonds is 3. The van der Waals surface area contributed by atoms with Gasteiger partial charge in [-0.1, -0.05) is 25.1 Å². The first kappa shape index (κ1) is 10.2. The minimum atomic E-state index is 0.712. The highest BCUT2D eigenvalue weighted by Crippen LogP contribution is 2.25. The first-order valence-corrected chi connectivity index (χ1v) is 5.57. The minimum Gasteiger partial charge on any atom is -0.358 e. The number of benzene rings is 1. The number of aromatic amines is 1. The lowest BCUT2D eigenvalue weighted by Gasteiger charge is -2.00. The van der Waals surface area contributed by atoms with E-state index in [-0.39, 0.29) is 0 Å². The van der Waals surface area contributed by atoms with Gasteiger partial charge in [-0.2, -0.15) is 0 Å². The van der Waals surface area contributed by atoms with Gasteiger partial charge in [0.05, 0.1) is 0 Å². The van der Waals surface area contributed by atoms with Crippen molar-refractivity contribution in [1.82, 2.24) is 4.98 Å². The maximum atomic E-state index is 5.64. The third-order valence-electron chi connectivity index (χ3n) is 3.02. The molecule has 1 aromatic carbocycles. The summed E-state index contributed by atoms with van der Waals surface area (Å²) in [7, 11) is 0. The van der Waals surface area contributed by atoms with Gasteiger partial charge >= 0.3 is 0 Å². The lowest BCUT2D eigenvalue weighted by atomic mass is 10.0. The highest BCUT2D eigenvalue weighted by Gasteiger charge is 2.09. The van der Waals surface area contributed by atoms with Gasteiger partial charge in [0.2, 0.25) is 0 Å². The van der Waals surface area contributed by atoms with Crippen LogP contribution in [0.25, 0.3) is 10.9 Å². The van der Waals surface area contributed by atoms with E-state index < -0.39 is 0 Å². The molecule has 0 unspecified atom stereocenters. The molecule has 3 N–H and O–H groups in total. The van der Waals surface area contributed by atoms with Crippen LogP contribution in [0.4, 0.5) is 0 Å². The number of fused-ring (bicyclic) bond motifs is 1. The average Bonchev–Trinajstić information content (AvgIpc) is 2.56. The third-order valence-corrected chi connectivity index (χ3v) is 3.02. The van der Waals surface area contributed by atoms with Crippen LogP contribution in [0.3, 0.4) is 0 Å². The lowest BCUT2D eigenvalue weighted by molar-refractivity contribution is 0.963. The maximum absolute atomic E-state index is 5.64. The van der Waals surface area contributed by atoms with Gasteiger partial charge in [0.1, 0.15) is 0 Å². The Morgan fingerprint density at radius 1 is 1.33 bits per heavy atom. The Kier molecular flexibility index (Phi) is 2.78. The molecule has 0 bridgehead atoms. The van der Waals surface area contributed by atoms with Crippen LogP contribution in [0.1, 0.15) is 23.7 Å². The molecule has 0 spiro atoms. The largest absolute Gasteiger partial charge is 0.358 e. The SMILES string of the molecule is CCc1cccc2c(CCN)c(C)[nH]c12. The lowest BCUT2D eigenvalue weighted by Crippen LogP contribution is -2.03. The molecule has 0 aliphatic rings. The highest BCUT2D eigenvalue weighted by atomic mass is 14.7. The Labute approximate surface area is 90.5 Å². The Morgan fingerprint density at radius 3 is 2.80 bits per heavy atom. The molecule has 0 aliphatic carbocycles. The zero-order valence-electron chi connectivity index (χ0n) is 9.43. The molecule has 80 valence electrons. The molecule has 2 heteroatoms. The number of para-hydroxylation sites is 1. The number of aryl methyl sites for hydroxylation is 2. The monoisotopic (exact) mass is 202 g/mol. The van der Waals surface area contributed by atoms with E-state index >= 15 is 0 Å². The fourth-order valence-corrected chi connectivity index (χ4v) is 2.23. The summed E-state index contributed by atoms with van der Waals surface area (Å²) in [5.41, 5.74) is 11.0. The van der Waals surface area contributed by atoms with Crippen LogP contribution in [0, 0.1) is 6.92 Å². The van der Waals surface area contributed by atoms with Gasteiger partial charge in [-0.25, -0.2) is 0 Å². The number of nitrogens with two attached hydrogens (primary N) is 1. The minimum absolute atomic E-state index is 0.712. The summed E-state index contributed by atoms with van der Waals surface area (Å²) >= 11 is 0. The summed E-state index contributed by atoms with van der Waals surface area (Å²) in [6.45, 7) is 5.03. The highest BCUT2D eigenvalue weighted by molar-refractivity contribution is 5.87. The van der Waals surface area contributed by atoms with Gasteiger partial charge in [0.25, 0.3) is 0 Å². The Balaban J connectivity index is 2.67. The molecular weight excluding hydrogens is 184 g/mol. The summed E-state index contributed by atoms with van der Waals surface area (Å²) in [5, 5.41) is 1.34. The summed E-state index contributed by atoms with van der Waals surface area (Å²) in [5.74, 6) is 0. The van der Waals surface area contributed by atoms with Crippen LogP contribution in [-0.4, -0.2) is 11.5 Å². The first-order valence-electron chi connectivity index (χ1n) is 5.57. The van der Waals surface area contributed by atoms with Crippen LogP contribution in [0.5, 0.6) is 0 Å². The van der Waals surface area contributed by atoms with Crippen molar-refractivity contribution in [3.05, 3.63) is 35.0 Å². The van der Waals surface area contributed by atoms with Crippen LogP contribution in [0.2, 0.25) is 0 Å². The Hall–Kier alpha value is -1.28. The molecule has 2 nitrogen and oxygen atoms in total. The van der Waals surface area contributed by atoms with Crippen molar-refractivity contribution in [2.24, 2.45) is 5.73 Å². The van der Waals surface area contributed by atoms with Gasteiger partial charge in [0, 0.05) is 16.6 Å². The first-order chi connectivity index (χ1) is 7.27. The molecule has 0 atom stereocenters. The number of nitrogens with one attached hydrogen (secondary N) is 1. The van der Waals surface area contributed by atoms with E-state index in [2.05, 4.69) is 37.0 Å². The molecule has 2 aromatic rings. The van der Waals surface area contributed by atoms with Crippen molar-refractivity contribution in [1.29, 1.82) is 0 Å². The maximum Gasteiger partial charge on any atom is 0.0491 e. The topological polar surface area (TPSA) is 41.8 Å². The molecule has 0 aliphatic heterocycles. The third kappa shape index (κ3) is 1.65. The van der Waals surface area contributed by atoms with Gasteiger partial charge in [-0.15, -0.1) is 0 Å². The molecule has 1 heterocycles. The fourth-order valence-electron chi connectivity index (χ4n) is 2.23. The molecule has 0 saturated carbocycles. The summed E-state index contributed by atoms with van der Waals surface area (Å²) in [6, 6.07) is 6.50. The average molecular weight is 202 g/mol. The zero-order chi connectivity index (χ0) is 10.8. The van der Waals surface area contributed by atoms with Crippen molar-refractivity contribution in [2.75, 3.05) is 6.54 Å². The molecule has 2 rings (SSSR count). The van der Waals surface area contributed by atoms with Crippen molar-refractivity contribution >= 4 is 10.9 Å². The molecule has 0 saturated heterocycles. The molecule has 0 fully saturated rings. The second-order valence-electron chi connectivity index (χ2n) is 3.96. The molecule has 0 radical (unpaired) electrons. The summed E-state index contributed by atoms with van der Waals surface area (Å²) in [4.78, 5) is 3.48. The second kappa shape index (κ2) is 4.07. The predicted octanol–water partition coefficient (Wildman–Crippen LogP) is 2.54. The van der Waals surface area contributed by atoms with E-state index in [0.717, 1.165) is 12.8 Å². The number of H-pyrrole nitrogens is 1. The number of hydrogen-bond donors (Lipinski definition) is 2. The standard InChI is InChI=1S/C13H18N2/c1-3-10-5-4-6-12-11(7-8-14)9(2)15-13(10)12/h4-6,15H,3,7-8,14H2,1-2H3. The summed E-state index contributed by atoms with van der Waals surface area (Å²) in [6.07, 6.45) is 2.03. The second-order valence-corrected chi connectivity index (χ2v) is 3.96. The molecule has 15 heavy (non-hydrogen) atoms. The van der Waals surface area contributed by atoms with Crippen LogP contribution in [-0.2, 0) is 12.8 Å². The predicted molar refractivity (Wildman–Crippen MR) is 65.2 cm³/mol. The number of aromatic nitrogens is 1. The van der Waals surface area contributed by atoms with Gasteiger partial charge in [-0.05, 0) is 37.4 Å². The van der Waals surface area contributed by atoms with Crippen LogP contribution >= 0.6 is 0 Å². The quantitative estimate of drug-likeness (QED) is 0.789. The van der Waals surface area contributed by atoms with E-state index in [1.165, 1.54) is 27.7 Å². The number of hydrogen-bond acceptors (Lipinski definition) is 1. The van der Waals surface area contributed by atoms with Gasteiger partial charge in [0.15, 0.2) is 0 Å². The van der Waals surface area contributed by atoms with Gasteiger partial charge < -0.3 is 10.7 Å². The smallest absolute Gasteiger partial charge is 0.0491 e. The Bertz CT molecular complexity index is 469. The van der Waals surface area contributed by atoms with E-state index in [1.54, 1.807) is 0 Å². The Morgan fingerprint density at radius 2 is 2.13 bits per heavy atom.